The zero-order valence-corrected chi connectivity index (χ0v) is 18.8. The molecular formula is C25H25N3O4S. The van der Waals surface area contributed by atoms with Crippen LogP contribution in [0.15, 0.2) is 83.8 Å². The predicted octanol–water partition coefficient (Wildman–Crippen LogP) is 4.37. The maximum absolute atomic E-state index is 13.0. The minimum atomic E-state index is -3.78. The van der Waals surface area contributed by atoms with Crippen LogP contribution in [0.25, 0.3) is 0 Å². The molecule has 1 aliphatic heterocycles. The summed E-state index contributed by atoms with van der Waals surface area (Å²) in [6, 6.07) is 21.2. The number of benzene rings is 3. The average Bonchev–Trinajstić information content (AvgIpc) is 2.85. The lowest BCUT2D eigenvalue weighted by molar-refractivity contribution is 0.0725. The van der Waals surface area contributed by atoms with Crippen LogP contribution in [0.4, 0.5) is 11.4 Å². The van der Waals surface area contributed by atoms with Gasteiger partial charge in [0.2, 0.25) is 0 Å². The molecule has 7 nitrogen and oxygen atoms in total. The molecular weight excluding hydrogens is 438 g/mol. The number of para-hydroxylation sites is 1. The molecule has 0 unspecified atom stereocenters. The molecule has 8 heteroatoms. The van der Waals surface area contributed by atoms with E-state index in [1.54, 1.807) is 60.7 Å². The topological polar surface area (TPSA) is 95.6 Å². The van der Waals surface area contributed by atoms with Crippen molar-refractivity contribution < 1.29 is 18.0 Å². The van der Waals surface area contributed by atoms with E-state index >= 15 is 0 Å². The Kier molecular flexibility index (Phi) is 6.74. The maximum Gasteiger partial charge on any atom is 0.261 e. The summed E-state index contributed by atoms with van der Waals surface area (Å²) in [6.07, 6.45) is 3.07. The molecule has 0 spiro atoms. The van der Waals surface area contributed by atoms with Gasteiger partial charge in [0.25, 0.3) is 21.8 Å². The van der Waals surface area contributed by atoms with Crippen LogP contribution < -0.4 is 10.0 Å². The molecule has 2 amide bonds. The third-order valence-corrected chi connectivity index (χ3v) is 6.88. The average molecular weight is 464 g/mol. The number of amides is 2. The largest absolute Gasteiger partial charge is 0.339 e. The van der Waals surface area contributed by atoms with Gasteiger partial charge in [-0.2, -0.15) is 0 Å². The Labute approximate surface area is 193 Å². The fourth-order valence-electron chi connectivity index (χ4n) is 3.78. The molecule has 170 valence electrons. The monoisotopic (exact) mass is 463 g/mol. The van der Waals surface area contributed by atoms with Crippen molar-refractivity contribution in [2.75, 3.05) is 23.1 Å². The van der Waals surface area contributed by atoms with Crippen molar-refractivity contribution >= 4 is 33.2 Å². The minimum absolute atomic E-state index is 0.102. The highest BCUT2D eigenvalue weighted by Gasteiger charge is 2.22. The van der Waals surface area contributed by atoms with Crippen LogP contribution in [-0.2, 0) is 10.0 Å². The molecule has 0 radical (unpaired) electrons. The fraction of sp³-hybridized carbons (Fsp3) is 0.200. The van der Waals surface area contributed by atoms with Crippen LogP contribution in [0.5, 0.6) is 0 Å². The van der Waals surface area contributed by atoms with Crippen LogP contribution in [0, 0.1) is 0 Å². The highest BCUT2D eigenvalue weighted by molar-refractivity contribution is 7.92. The fourth-order valence-corrected chi connectivity index (χ4v) is 4.85. The maximum atomic E-state index is 13.0. The summed E-state index contributed by atoms with van der Waals surface area (Å²) >= 11 is 0. The van der Waals surface area contributed by atoms with Crippen molar-refractivity contribution in [3.63, 3.8) is 0 Å². The first-order valence-electron chi connectivity index (χ1n) is 10.8. The molecule has 0 atom stereocenters. The Morgan fingerprint density at radius 1 is 0.788 bits per heavy atom. The van der Waals surface area contributed by atoms with Crippen molar-refractivity contribution in [3.8, 4) is 0 Å². The Bertz CT molecular complexity index is 1250. The number of hydrogen-bond donors (Lipinski definition) is 2. The van der Waals surface area contributed by atoms with E-state index in [9.17, 15) is 18.0 Å². The van der Waals surface area contributed by atoms with Crippen LogP contribution in [0.2, 0.25) is 0 Å². The number of likely N-dealkylation sites (tertiary alicyclic amines) is 1. The molecule has 0 aliphatic carbocycles. The van der Waals surface area contributed by atoms with E-state index in [0.29, 0.717) is 24.3 Å². The zero-order valence-electron chi connectivity index (χ0n) is 18.0. The predicted molar refractivity (Wildman–Crippen MR) is 128 cm³/mol. The summed E-state index contributed by atoms with van der Waals surface area (Å²) in [7, 11) is -3.78. The van der Waals surface area contributed by atoms with E-state index in [4.69, 9.17) is 0 Å². The number of sulfonamides is 1. The molecule has 33 heavy (non-hydrogen) atoms. The van der Waals surface area contributed by atoms with Gasteiger partial charge in [-0.15, -0.1) is 0 Å². The molecule has 3 aromatic carbocycles. The number of carbonyl (C=O) groups is 2. The van der Waals surface area contributed by atoms with Gasteiger partial charge >= 0.3 is 0 Å². The molecule has 2 N–H and O–H groups in total. The van der Waals surface area contributed by atoms with Crippen molar-refractivity contribution in [1.82, 2.24) is 4.90 Å². The van der Waals surface area contributed by atoms with Gasteiger partial charge in [-0.1, -0.05) is 36.4 Å². The molecule has 3 aromatic rings. The molecule has 1 aliphatic rings. The van der Waals surface area contributed by atoms with Gasteiger partial charge in [0.05, 0.1) is 16.1 Å². The molecule has 0 saturated carbocycles. The Hall–Kier alpha value is -3.65. The molecule has 1 heterocycles. The highest BCUT2D eigenvalue weighted by Crippen LogP contribution is 2.22. The number of piperidine rings is 1. The molecule has 0 bridgehead atoms. The lowest BCUT2D eigenvalue weighted by atomic mass is 10.1. The second kappa shape index (κ2) is 9.87. The third-order valence-electron chi connectivity index (χ3n) is 5.48. The summed E-state index contributed by atoms with van der Waals surface area (Å²) in [4.78, 5) is 27.9. The van der Waals surface area contributed by atoms with Gasteiger partial charge in [0, 0.05) is 24.3 Å². The first kappa shape index (κ1) is 22.5. The molecule has 1 fully saturated rings. The number of nitrogens with one attached hydrogen (secondary N) is 2. The van der Waals surface area contributed by atoms with E-state index in [0.717, 1.165) is 19.3 Å². The summed E-state index contributed by atoms with van der Waals surface area (Å²) in [5.41, 5.74) is 1.40. The van der Waals surface area contributed by atoms with Crippen molar-refractivity contribution in [1.29, 1.82) is 0 Å². The van der Waals surface area contributed by atoms with E-state index in [1.807, 2.05) is 4.90 Å². The van der Waals surface area contributed by atoms with Crippen LogP contribution in [0.3, 0.4) is 0 Å². The summed E-state index contributed by atoms with van der Waals surface area (Å²) < 4.78 is 27.7. The van der Waals surface area contributed by atoms with Crippen LogP contribution in [0.1, 0.15) is 40.0 Å². The highest BCUT2D eigenvalue weighted by atomic mass is 32.2. The second-order valence-corrected chi connectivity index (χ2v) is 9.53. The number of carbonyl (C=O) groups excluding carboxylic acids is 2. The second-order valence-electron chi connectivity index (χ2n) is 7.85. The van der Waals surface area contributed by atoms with Crippen molar-refractivity contribution in [3.05, 3.63) is 90.0 Å². The first-order valence-corrected chi connectivity index (χ1v) is 12.3. The standard InChI is InChI=1S/C25H25N3O4S/c29-24(26-23-15-6-5-14-22(23)25(30)28-16-7-2-8-17-28)19-10-9-11-20(18-19)27-33(31,32)21-12-3-1-4-13-21/h1,3-6,9-15,18,27H,2,7-8,16-17H2,(H,26,29). The first-order chi connectivity index (χ1) is 15.9. The van der Waals surface area contributed by atoms with E-state index in [-0.39, 0.29) is 22.1 Å². The summed E-state index contributed by atoms with van der Waals surface area (Å²) in [5, 5.41) is 2.80. The normalized spacial score (nSPS) is 13.9. The van der Waals surface area contributed by atoms with Gasteiger partial charge in [-0.05, 0) is 61.7 Å². The number of hydrogen-bond acceptors (Lipinski definition) is 4. The zero-order chi connectivity index (χ0) is 23.3. The van der Waals surface area contributed by atoms with Gasteiger partial charge in [0.15, 0.2) is 0 Å². The minimum Gasteiger partial charge on any atom is -0.339 e. The van der Waals surface area contributed by atoms with E-state index in [2.05, 4.69) is 10.0 Å². The lowest BCUT2D eigenvalue weighted by Crippen LogP contribution is -2.36. The van der Waals surface area contributed by atoms with Gasteiger partial charge in [-0.3, -0.25) is 14.3 Å². The number of anilines is 2. The quantitative estimate of drug-likeness (QED) is 0.568. The summed E-state index contributed by atoms with van der Waals surface area (Å²) in [6.45, 7) is 1.43. The van der Waals surface area contributed by atoms with E-state index < -0.39 is 15.9 Å². The Morgan fingerprint density at radius 3 is 2.24 bits per heavy atom. The number of nitrogens with zero attached hydrogens (tertiary/aromatic N) is 1. The molecule has 4 rings (SSSR count). The van der Waals surface area contributed by atoms with Crippen LogP contribution in [-0.4, -0.2) is 38.2 Å². The number of rotatable bonds is 6. The van der Waals surface area contributed by atoms with E-state index in [1.165, 1.54) is 18.2 Å². The molecule has 1 saturated heterocycles. The smallest absolute Gasteiger partial charge is 0.261 e. The van der Waals surface area contributed by atoms with Crippen molar-refractivity contribution in [2.24, 2.45) is 0 Å². The lowest BCUT2D eigenvalue weighted by Gasteiger charge is -2.27. The van der Waals surface area contributed by atoms with Gasteiger partial charge in [0.1, 0.15) is 0 Å². The SMILES string of the molecule is O=C(Nc1ccccc1C(=O)N1CCCCC1)c1cccc(NS(=O)(=O)c2ccccc2)c1. The Morgan fingerprint density at radius 2 is 1.48 bits per heavy atom. The van der Waals surface area contributed by atoms with Gasteiger partial charge in [-0.25, -0.2) is 8.42 Å². The van der Waals surface area contributed by atoms with Crippen LogP contribution >= 0.6 is 0 Å². The summed E-state index contributed by atoms with van der Waals surface area (Å²) in [5.74, 6) is -0.537. The molecule has 0 aromatic heterocycles. The van der Waals surface area contributed by atoms with Gasteiger partial charge < -0.3 is 10.2 Å². The van der Waals surface area contributed by atoms with Crippen molar-refractivity contribution in [2.45, 2.75) is 24.2 Å². The Balaban J connectivity index is 1.52. The third kappa shape index (κ3) is 5.40.